The second-order valence-electron chi connectivity index (χ2n) is 4.13. The molecular weight excluding hydrogens is 362 g/mol. The van der Waals surface area contributed by atoms with E-state index >= 15 is 0 Å². The van der Waals surface area contributed by atoms with Crippen LogP contribution in [0.1, 0.15) is 17.2 Å². The van der Waals surface area contributed by atoms with Gasteiger partial charge in [0.1, 0.15) is 0 Å². The number of rotatable bonds is 5. The van der Waals surface area contributed by atoms with Crippen LogP contribution in [0.2, 0.25) is 5.02 Å². The van der Waals surface area contributed by atoms with Gasteiger partial charge >= 0.3 is 0 Å². The van der Waals surface area contributed by atoms with Gasteiger partial charge in [-0.25, -0.2) is 0 Å². The normalized spacial score (nSPS) is 12.2. The second-order valence-corrected chi connectivity index (χ2v) is 6.83. The molecule has 0 aliphatic heterocycles. The molecule has 0 radical (unpaired) electrons. The predicted molar refractivity (Wildman–Crippen MR) is 87.5 cm³/mol. The minimum Gasteiger partial charge on any atom is -0.493 e. The first-order chi connectivity index (χ1) is 9.60. The van der Waals surface area contributed by atoms with Crippen LogP contribution in [0.15, 0.2) is 27.4 Å². The van der Waals surface area contributed by atoms with Crippen molar-refractivity contribution >= 4 is 38.9 Å². The van der Waals surface area contributed by atoms with Gasteiger partial charge in [-0.05, 0) is 51.6 Å². The van der Waals surface area contributed by atoms with Gasteiger partial charge in [0.15, 0.2) is 11.5 Å². The summed E-state index contributed by atoms with van der Waals surface area (Å²) in [6.07, 6.45) is 0. The van der Waals surface area contributed by atoms with Crippen LogP contribution in [0.25, 0.3) is 0 Å². The lowest BCUT2D eigenvalue weighted by atomic mass is 10.0. The van der Waals surface area contributed by atoms with Crippen molar-refractivity contribution < 1.29 is 9.47 Å². The van der Waals surface area contributed by atoms with Crippen LogP contribution >= 0.6 is 38.9 Å². The van der Waals surface area contributed by atoms with Crippen LogP contribution in [0.3, 0.4) is 0 Å². The van der Waals surface area contributed by atoms with Gasteiger partial charge in [-0.3, -0.25) is 0 Å². The molecule has 0 aliphatic carbocycles. The SMILES string of the molecule is CNC(c1csc(Br)c1)c1cc(OC)c(OC)cc1Cl. The van der Waals surface area contributed by atoms with Gasteiger partial charge in [-0.1, -0.05) is 11.6 Å². The molecule has 20 heavy (non-hydrogen) atoms. The molecule has 1 aromatic heterocycles. The van der Waals surface area contributed by atoms with Crippen molar-refractivity contribution in [3.05, 3.63) is 43.5 Å². The smallest absolute Gasteiger partial charge is 0.162 e. The second kappa shape index (κ2) is 6.80. The lowest BCUT2D eigenvalue weighted by Gasteiger charge is -2.19. The fourth-order valence-corrected chi connectivity index (χ4v) is 3.53. The summed E-state index contributed by atoms with van der Waals surface area (Å²) in [5.41, 5.74) is 2.11. The highest BCUT2D eigenvalue weighted by atomic mass is 79.9. The maximum absolute atomic E-state index is 6.38. The highest BCUT2D eigenvalue weighted by Gasteiger charge is 2.19. The fraction of sp³-hybridized carbons (Fsp3) is 0.286. The van der Waals surface area contributed by atoms with Crippen LogP contribution < -0.4 is 14.8 Å². The Kier molecular flexibility index (Phi) is 5.32. The van der Waals surface area contributed by atoms with Gasteiger partial charge in [-0.15, -0.1) is 11.3 Å². The highest BCUT2D eigenvalue weighted by Crippen LogP contribution is 2.38. The molecule has 6 heteroatoms. The molecule has 1 heterocycles. The van der Waals surface area contributed by atoms with Crippen LogP contribution in [0, 0.1) is 0 Å². The summed E-state index contributed by atoms with van der Waals surface area (Å²) in [7, 11) is 5.12. The van der Waals surface area contributed by atoms with Crippen molar-refractivity contribution in [1.82, 2.24) is 5.32 Å². The Labute approximate surface area is 136 Å². The third-order valence-electron chi connectivity index (χ3n) is 3.02. The predicted octanol–water partition coefficient (Wildman–Crippen LogP) is 4.49. The van der Waals surface area contributed by atoms with E-state index in [1.165, 1.54) is 0 Å². The average molecular weight is 377 g/mol. The van der Waals surface area contributed by atoms with Gasteiger partial charge in [0.25, 0.3) is 0 Å². The average Bonchev–Trinajstić information content (AvgIpc) is 2.87. The first-order valence-corrected chi connectivity index (χ1v) is 7.98. The molecule has 0 bridgehead atoms. The molecule has 0 amide bonds. The Bertz CT molecular complexity index is 603. The molecule has 2 rings (SSSR count). The van der Waals surface area contributed by atoms with Crippen molar-refractivity contribution in [3.8, 4) is 11.5 Å². The van der Waals surface area contributed by atoms with Gasteiger partial charge in [0, 0.05) is 11.1 Å². The van der Waals surface area contributed by atoms with E-state index < -0.39 is 0 Å². The van der Waals surface area contributed by atoms with Gasteiger partial charge in [0.2, 0.25) is 0 Å². The lowest BCUT2D eigenvalue weighted by Crippen LogP contribution is -2.17. The summed E-state index contributed by atoms with van der Waals surface area (Å²) in [5, 5.41) is 6.02. The van der Waals surface area contributed by atoms with Crippen molar-refractivity contribution in [3.63, 3.8) is 0 Å². The molecule has 0 fully saturated rings. The third kappa shape index (κ3) is 3.11. The monoisotopic (exact) mass is 375 g/mol. The van der Waals surface area contributed by atoms with Crippen LogP contribution in [-0.4, -0.2) is 21.3 Å². The number of ether oxygens (including phenoxy) is 2. The van der Waals surface area contributed by atoms with E-state index in [0.29, 0.717) is 16.5 Å². The van der Waals surface area contributed by atoms with E-state index in [4.69, 9.17) is 21.1 Å². The summed E-state index contributed by atoms with van der Waals surface area (Å²) in [4.78, 5) is 0. The van der Waals surface area contributed by atoms with Crippen molar-refractivity contribution in [2.75, 3.05) is 21.3 Å². The van der Waals surface area contributed by atoms with Gasteiger partial charge in [-0.2, -0.15) is 0 Å². The minimum absolute atomic E-state index is 0.00450. The summed E-state index contributed by atoms with van der Waals surface area (Å²) < 4.78 is 11.7. The maximum Gasteiger partial charge on any atom is 0.162 e. The lowest BCUT2D eigenvalue weighted by molar-refractivity contribution is 0.354. The third-order valence-corrected chi connectivity index (χ3v) is 4.87. The first-order valence-electron chi connectivity index (χ1n) is 5.93. The molecule has 1 atom stereocenters. The molecule has 1 unspecified atom stereocenters. The summed E-state index contributed by atoms with van der Waals surface area (Å²) in [5.74, 6) is 1.30. The summed E-state index contributed by atoms with van der Waals surface area (Å²) in [6, 6.07) is 5.78. The van der Waals surface area contributed by atoms with E-state index in [1.807, 2.05) is 13.1 Å². The number of thiophene rings is 1. The van der Waals surface area contributed by atoms with Crippen molar-refractivity contribution in [2.45, 2.75) is 6.04 Å². The summed E-state index contributed by atoms with van der Waals surface area (Å²) >= 11 is 11.5. The van der Waals surface area contributed by atoms with E-state index in [1.54, 1.807) is 31.6 Å². The van der Waals surface area contributed by atoms with Crippen molar-refractivity contribution in [2.24, 2.45) is 0 Å². The number of methoxy groups -OCH3 is 2. The molecule has 0 spiro atoms. The fourth-order valence-electron chi connectivity index (χ4n) is 2.07. The number of nitrogens with one attached hydrogen (secondary N) is 1. The molecule has 1 aromatic carbocycles. The maximum atomic E-state index is 6.38. The molecule has 0 aliphatic rings. The van der Waals surface area contributed by atoms with Gasteiger partial charge < -0.3 is 14.8 Å². The zero-order valence-electron chi connectivity index (χ0n) is 11.4. The number of halogens is 2. The largest absolute Gasteiger partial charge is 0.493 e. The van der Waals surface area contributed by atoms with Crippen LogP contribution in [0.4, 0.5) is 0 Å². The van der Waals surface area contributed by atoms with Crippen molar-refractivity contribution in [1.29, 1.82) is 0 Å². The number of hydrogen-bond acceptors (Lipinski definition) is 4. The Morgan fingerprint density at radius 1 is 1.20 bits per heavy atom. The molecule has 3 nitrogen and oxygen atoms in total. The zero-order valence-corrected chi connectivity index (χ0v) is 14.5. The van der Waals surface area contributed by atoms with E-state index in [-0.39, 0.29) is 6.04 Å². The highest BCUT2D eigenvalue weighted by molar-refractivity contribution is 9.11. The quantitative estimate of drug-likeness (QED) is 0.834. The summed E-state index contributed by atoms with van der Waals surface area (Å²) in [6.45, 7) is 0. The standard InChI is InChI=1S/C14H15BrClNO2S/c1-17-14(8-4-13(15)20-7-8)9-5-11(18-2)12(19-3)6-10(9)16/h4-7,14,17H,1-3H3. The molecule has 0 saturated carbocycles. The van der Waals surface area contributed by atoms with E-state index in [0.717, 1.165) is 14.9 Å². The number of hydrogen-bond donors (Lipinski definition) is 1. The first kappa shape index (κ1) is 15.6. The Morgan fingerprint density at radius 2 is 1.85 bits per heavy atom. The van der Waals surface area contributed by atoms with E-state index in [9.17, 15) is 0 Å². The minimum atomic E-state index is 0.00450. The zero-order chi connectivity index (χ0) is 14.7. The number of benzene rings is 1. The molecule has 1 N–H and O–H groups in total. The molecule has 0 saturated heterocycles. The topological polar surface area (TPSA) is 30.5 Å². The van der Waals surface area contributed by atoms with Crippen LogP contribution in [-0.2, 0) is 0 Å². The molecule has 2 aromatic rings. The Morgan fingerprint density at radius 3 is 2.35 bits per heavy atom. The Hall–Kier alpha value is -0.750. The Balaban J connectivity index is 2.49. The molecular formula is C14H15BrClNO2S. The van der Waals surface area contributed by atoms with Gasteiger partial charge in [0.05, 0.1) is 24.0 Å². The van der Waals surface area contributed by atoms with E-state index in [2.05, 4.69) is 32.7 Å². The van der Waals surface area contributed by atoms with Crippen LogP contribution in [0.5, 0.6) is 11.5 Å². The molecule has 108 valence electrons.